The summed E-state index contributed by atoms with van der Waals surface area (Å²) in [7, 11) is 0. The van der Waals surface area contributed by atoms with E-state index in [1.165, 1.54) is 12.4 Å². The molecule has 0 spiro atoms. The van der Waals surface area contributed by atoms with Gasteiger partial charge in [-0.3, -0.25) is 4.57 Å². The zero-order chi connectivity index (χ0) is 12.1. The summed E-state index contributed by atoms with van der Waals surface area (Å²) in [4.78, 5) is 3.87. The molecular weight excluding hydrogens is 228 g/mol. The lowest BCUT2D eigenvalue weighted by molar-refractivity contribution is 0.0414. The third kappa shape index (κ3) is 3.47. The number of halogens is 2. The Morgan fingerprint density at radius 2 is 2.24 bits per heavy atom. The van der Waals surface area contributed by atoms with Gasteiger partial charge in [-0.25, -0.2) is 4.98 Å². The maximum Gasteiger partial charge on any atom is 0.320 e. The first-order chi connectivity index (χ1) is 8.27. The Balaban J connectivity index is 1.75. The van der Waals surface area contributed by atoms with Crippen molar-refractivity contribution in [1.82, 2.24) is 14.9 Å². The van der Waals surface area contributed by atoms with Crippen LogP contribution in [0.3, 0.4) is 0 Å². The second kappa shape index (κ2) is 6.07. The van der Waals surface area contributed by atoms with Crippen LogP contribution in [0.5, 0.6) is 0 Å². The summed E-state index contributed by atoms with van der Waals surface area (Å²) in [5.41, 5.74) is 0. The van der Waals surface area contributed by atoms with Crippen molar-refractivity contribution in [3.05, 3.63) is 18.2 Å². The van der Waals surface area contributed by atoms with E-state index in [9.17, 15) is 8.78 Å². The van der Waals surface area contributed by atoms with Crippen LogP contribution in [-0.2, 0) is 11.3 Å². The summed E-state index contributed by atoms with van der Waals surface area (Å²) >= 11 is 0. The van der Waals surface area contributed by atoms with Gasteiger partial charge in [-0.05, 0) is 31.8 Å². The fourth-order valence-electron chi connectivity index (χ4n) is 2.00. The number of hydrogen-bond donors (Lipinski definition) is 1. The van der Waals surface area contributed by atoms with Gasteiger partial charge in [0.25, 0.3) is 0 Å². The van der Waals surface area contributed by atoms with E-state index in [0.717, 1.165) is 30.5 Å². The van der Waals surface area contributed by atoms with Gasteiger partial charge < -0.3 is 10.1 Å². The van der Waals surface area contributed by atoms with Crippen molar-refractivity contribution in [2.75, 3.05) is 19.7 Å². The topological polar surface area (TPSA) is 39.1 Å². The first-order valence-electron chi connectivity index (χ1n) is 5.85. The van der Waals surface area contributed by atoms with Gasteiger partial charge in [0.2, 0.25) is 0 Å². The van der Waals surface area contributed by atoms with Crippen molar-refractivity contribution in [2.24, 2.45) is 5.92 Å². The molecule has 0 radical (unpaired) electrons. The van der Waals surface area contributed by atoms with Crippen molar-refractivity contribution >= 4 is 0 Å². The third-order valence-electron chi connectivity index (χ3n) is 3.00. The highest BCUT2D eigenvalue weighted by atomic mass is 19.3. The van der Waals surface area contributed by atoms with E-state index in [4.69, 9.17) is 4.74 Å². The Hall–Kier alpha value is -1.01. The first-order valence-corrected chi connectivity index (χ1v) is 5.85. The first kappa shape index (κ1) is 12.4. The van der Waals surface area contributed by atoms with E-state index in [0.29, 0.717) is 12.5 Å². The molecule has 1 saturated heterocycles. The normalized spacial score (nSPS) is 17.8. The van der Waals surface area contributed by atoms with Crippen LogP contribution in [0.15, 0.2) is 12.4 Å². The molecule has 1 aromatic heterocycles. The van der Waals surface area contributed by atoms with Crippen molar-refractivity contribution < 1.29 is 13.5 Å². The number of nitrogens with zero attached hydrogens (tertiary/aromatic N) is 2. The highest BCUT2D eigenvalue weighted by Gasteiger charge is 2.15. The summed E-state index contributed by atoms with van der Waals surface area (Å²) < 4.78 is 31.3. The van der Waals surface area contributed by atoms with Crippen molar-refractivity contribution in [1.29, 1.82) is 0 Å². The van der Waals surface area contributed by atoms with Gasteiger partial charge in [-0.1, -0.05) is 0 Å². The average molecular weight is 245 g/mol. The fourth-order valence-corrected chi connectivity index (χ4v) is 2.00. The number of rotatable bonds is 5. The Kier molecular flexibility index (Phi) is 4.44. The van der Waals surface area contributed by atoms with Gasteiger partial charge in [0.05, 0.1) is 6.61 Å². The summed E-state index contributed by atoms with van der Waals surface area (Å²) in [6.45, 7) is 0.258. The molecule has 1 fully saturated rings. The monoisotopic (exact) mass is 245 g/mol. The molecule has 96 valence electrons. The Morgan fingerprint density at radius 3 is 2.94 bits per heavy atom. The Bertz CT molecular complexity index is 337. The van der Waals surface area contributed by atoms with E-state index in [2.05, 4.69) is 10.3 Å². The largest absolute Gasteiger partial charge is 0.373 e. The summed E-state index contributed by atoms with van der Waals surface area (Å²) in [5.74, 6) is 0.820. The number of hydrogen-bond acceptors (Lipinski definition) is 3. The fraction of sp³-hybridized carbons (Fsp3) is 0.727. The lowest BCUT2D eigenvalue weighted by Crippen LogP contribution is -2.30. The predicted octanol–water partition coefficient (Wildman–Crippen LogP) is 1.79. The second-order valence-electron chi connectivity index (χ2n) is 4.24. The smallest absolute Gasteiger partial charge is 0.320 e. The molecule has 0 unspecified atom stereocenters. The van der Waals surface area contributed by atoms with Crippen LogP contribution >= 0.6 is 0 Å². The van der Waals surface area contributed by atoms with E-state index >= 15 is 0 Å². The SMILES string of the molecule is FC(F)n1ccnc1COCC1CCNCC1. The number of imidazole rings is 1. The average Bonchev–Trinajstić information content (AvgIpc) is 2.79. The molecule has 2 heterocycles. The molecule has 1 aromatic rings. The van der Waals surface area contributed by atoms with Crippen molar-refractivity contribution in [3.8, 4) is 0 Å². The van der Waals surface area contributed by atoms with Gasteiger partial charge in [0.15, 0.2) is 0 Å². The Labute approximate surface area is 99.0 Å². The molecule has 0 aliphatic carbocycles. The van der Waals surface area contributed by atoms with Crippen LogP contribution < -0.4 is 5.32 Å². The number of piperidine rings is 1. The molecule has 6 heteroatoms. The van der Waals surface area contributed by atoms with Crippen molar-refractivity contribution in [2.45, 2.75) is 26.0 Å². The second-order valence-corrected chi connectivity index (χ2v) is 4.24. The maximum atomic E-state index is 12.5. The minimum absolute atomic E-state index is 0.154. The molecule has 1 aliphatic heterocycles. The zero-order valence-corrected chi connectivity index (χ0v) is 9.61. The lowest BCUT2D eigenvalue weighted by Gasteiger charge is -2.22. The summed E-state index contributed by atoms with van der Waals surface area (Å²) in [5, 5.41) is 3.27. The van der Waals surface area contributed by atoms with Gasteiger partial charge >= 0.3 is 6.55 Å². The van der Waals surface area contributed by atoms with Crippen LogP contribution in [-0.4, -0.2) is 29.2 Å². The molecule has 0 atom stereocenters. The van der Waals surface area contributed by atoms with Crippen LogP contribution in [0.2, 0.25) is 0 Å². The van der Waals surface area contributed by atoms with E-state index in [-0.39, 0.29) is 12.4 Å². The molecule has 0 aromatic carbocycles. The summed E-state index contributed by atoms with van der Waals surface area (Å²) in [6.07, 6.45) is 4.82. The molecule has 1 N–H and O–H groups in total. The Morgan fingerprint density at radius 1 is 1.47 bits per heavy atom. The summed E-state index contributed by atoms with van der Waals surface area (Å²) in [6, 6.07) is 0. The number of alkyl halides is 2. The van der Waals surface area contributed by atoms with Gasteiger partial charge in [-0.15, -0.1) is 0 Å². The maximum absolute atomic E-state index is 12.5. The molecule has 0 amide bonds. The van der Waals surface area contributed by atoms with E-state index in [1.54, 1.807) is 0 Å². The highest BCUT2D eigenvalue weighted by molar-refractivity contribution is 4.90. The molecular formula is C11H17F2N3O. The van der Waals surface area contributed by atoms with Crippen molar-refractivity contribution in [3.63, 3.8) is 0 Å². The molecule has 17 heavy (non-hydrogen) atoms. The zero-order valence-electron chi connectivity index (χ0n) is 9.61. The molecule has 0 bridgehead atoms. The standard InChI is InChI=1S/C11H17F2N3O/c12-11(13)16-6-5-15-10(16)8-17-7-9-1-3-14-4-2-9/h5-6,9,11,14H,1-4,7-8H2. The van der Waals surface area contributed by atoms with Gasteiger partial charge in [0, 0.05) is 12.4 Å². The number of nitrogens with one attached hydrogen (secondary N) is 1. The molecule has 0 saturated carbocycles. The minimum atomic E-state index is -2.55. The van der Waals surface area contributed by atoms with Gasteiger partial charge in [-0.2, -0.15) is 8.78 Å². The van der Waals surface area contributed by atoms with Crippen LogP contribution in [0.1, 0.15) is 25.2 Å². The van der Waals surface area contributed by atoms with Gasteiger partial charge in [0.1, 0.15) is 12.4 Å². The van der Waals surface area contributed by atoms with Crippen LogP contribution in [0.25, 0.3) is 0 Å². The highest BCUT2D eigenvalue weighted by Crippen LogP contribution is 2.15. The number of aromatic nitrogens is 2. The molecule has 1 aliphatic rings. The van der Waals surface area contributed by atoms with Crippen LogP contribution in [0.4, 0.5) is 8.78 Å². The van der Waals surface area contributed by atoms with Crippen LogP contribution in [0, 0.1) is 5.92 Å². The lowest BCUT2D eigenvalue weighted by atomic mass is 9.99. The number of ether oxygens (including phenoxy) is 1. The van der Waals surface area contributed by atoms with E-state index < -0.39 is 6.55 Å². The molecule has 4 nitrogen and oxygen atoms in total. The van der Waals surface area contributed by atoms with E-state index in [1.807, 2.05) is 0 Å². The predicted molar refractivity (Wildman–Crippen MR) is 58.7 cm³/mol. The molecule has 2 rings (SSSR count). The minimum Gasteiger partial charge on any atom is -0.373 e. The third-order valence-corrected chi connectivity index (χ3v) is 3.00. The quantitative estimate of drug-likeness (QED) is 0.859.